The molecule has 2 aliphatic rings. The largest absolute Gasteiger partial charge is 0.459 e. The highest BCUT2D eigenvalue weighted by molar-refractivity contribution is 5.78. The minimum atomic E-state index is -0.195. The number of fused-ring (bicyclic) bond motifs is 2. The van der Waals surface area contributed by atoms with Gasteiger partial charge in [0.15, 0.2) is 0 Å². The molecule has 4 rings (SSSR count). The highest BCUT2D eigenvalue weighted by Gasteiger charge is 2.36. The third-order valence-electron chi connectivity index (χ3n) is 4.84. The highest BCUT2D eigenvalue weighted by Crippen LogP contribution is 2.30. The number of benzene rings is 1. The molecule has 1 aromatic heterocycles. The molecule has 112 valence electrons. The molecule has 0 radical (unpaired) electrons. The van der Waals surface area contributed by atoms with Crippen LogP contribution in [0.2, 0.25) is 0 Å². The molecule has 3 heterocycles. The van der Waals surface area contributed by atoms with Gasteiger partial charge in [0, 0.05) is 18.0 Å². The van der Waals surface area contributed by atoms with E-state index in [9.17, 15) is 0 Å². The Kier molecular flexibility index (Phi) is 3.25. The molecule has 2 fully saturated rings. The first-order chi connectivity index (χ1) is 10.2. The predicted molar refractivity (Wildman–Crippen MR) is 82.2 cm³/mol. The molecule has 4 nitrogen and oxygen atoms in total. The summed E-state index contributed by atoms with van der Waals surface area (Å²) in [5, 5.41) is 1.12. The molecule has 3 unspecified atom stereocenters. The lowest BCUT2D eigenvalue weighted by Crippen LogP contribution is -2.49. The molecule has 0 bridgehead atoms. The molecular formula is C17H22N2O2. The fourth-order valence-corrected chi connectivity index (χ4v) is 3.59. The van der Waals surface area contributed by atoms with Crippen LogP contribution in [0.3, 0.4) is 0 Å². The molecule has 4 heteroatoms. The maximum atomic E-state index is 6.41. The Balaban J connectivity index is 1.56. The summed E-state index contributed by atoms with van der Waals surface area (Å²) in [7, 11) is 0. The summed E-state index contributed by atoms with van der Waals surface area (Å²) in [5.74, 6) is 0.832. The normalized spacial score (nSPS) is 27.9. The van der Waals surface area contributed by atoms with Gasteiger partial charge in [-0.1, -0.05) is 11.6 Å². The number of nitrogens with zero attached hydrogens (tertiary/aromatic N) is 1. The van der Waals surface area contributed by atoms with Crippen molar-refractivity contribution in [3.63, 3.8) is 0 Å². The lowest BCUT2D eigenvalue weighted by atomic mass is 10.1. The van der Waals surface area contributed by atoms with Crippen LogP contribution in [-0.2, 0) is 4.74 Å². The number of ether oxygens (including phenoxy) is 1. The zero-order valence-electron chi connectivity index (χ0n) is 12.4. The van der Waals surface area contributed by atoms with Crippen LogP contribution in [-0.4, -0.2) is 36.7 Å². The van der Waals surface area contributed by atoms with Crippen molar-refractivity contribution in [2.75, 3.05) is 19.7 Å². The minimum absolute atomic E-state index is 0.0287. The van der Waals surface area contributed by atoms with Crippen molar-refractivity contribution in [2.45, 2.75) is 38.0 Å². The second-order valence-electron chi connectivity index (χ2n) is 6.38. The molecule has 0 amide bonds. The second-order valence-corrected chi connectivity index (χ2v) is 6.38. The molecule has 0 saturated carbocycles. The smallest absolute Gasteiger partial charge is 0.134 e. The molecule has 2 N–H and O–H groups in total. The van der Waals surface area contributed by atoms with Crippen molar-refractivity contribution in [1.29, 1.82) is 0 Å². The van der Waals surface area contributed by atoms with Crippen LogP contribution in [0.1, 0.15) is 30.2 Å². The van der Waals surface area contributed by atoms with Crippen molar-refractivity contribution in [3.05, 3.63) is 35.6 Å². The van der Waals surface area contributed by atoms with Gasteiger partial charge in [-0.2, -0.15) is 0 Å². The average Bonchev–Trinajstić information content (AvgIpc) is 3.11. The van der Waals surface area contributed by atoms with Crippen LogP contribution in [0, 0.1) is 6.92 Å². The number of furan rings is 1. The zero-order chi connectivity index (χ0) is 14.4. The Morgan fingerprint density at radius 1 is 1.33 bits per heavy atom. The van der Waals surface area contributed by atoms with Crippen LogP contribution >= 0.6 is 0 Å². The fourth-order valence-electron chi connectivity index (χ4n) is 3.59. The lowest BCUT2D eigenvalue weighted by Gasteiger charge is -2.37. The third-order valence-corrected chi connectivity index (χ3v) is 4.84. The van der Waals surface area contributed by atoms with E-state index >= 15 is 0 Å². The fraction of sp³-hybridized carbons (Fsp3) is 0.529. The van der Waals surface area contributed by atoms with Gasteiger partial charge in [-0.15, -0.1) is 0 Å². The molecule has 0 spiro atoms. The Bertz CT molecular complexity index is 651. The Morgan fingerprint density at radius 2 is 2.24 bits per heavy atom. The maximum Gasteiger partial charge on any atom is 0.134 e. The molecule has 2 aromatic rings. The molecule has 1 aromatic carbocycles. The van der Waals surface area contributed by atoms with E-state index in [1.807, 2.05) is 6.07 Å². The molecule has 2 saturated heterocycles. The van der Waals surface area contributed by atoms with Gasteiger partial charge < -0.3 is 14.9 Å². The van der Waals surface area contributed by atoms with Crippen molar-refractivity contribution in [1.82, 2.24) is 4.90 Å². The summed E-state index contributed by atoms with van der Waals surface area (Å²) in [6, 6.07) is 8.68. The molecule has 3 atom stereocenters. The van der Waals surface area contributed by atoms with Gasteiger partial charge in [-0.25, -0.2) is 0 Å². The number of aryl methyl sites for hydroxylation is 1. The van der Waals surface area contributed by atoms with Crippen molar-refractivity contribution in [2.24, 2.45) is 5.73 Å². The van der Waals surface area contributed by atoms with Crippen molar-refractivity contribution in [3.8, 4) is 0 Å². The molecule has 2 aliphatic heterocycles. The van der Waals surface area contributed by atoms with Crippen LogP contribution in [0.25, 0.3) is 11.0 Å². The van der Waals surface area contributed by atoms with E-state index in [-0.39, 0.29) is 12.1 Å². The quantitative estimate of drug-likeness (QED) is 0.922. The number of nitrogens with two attached hydrogens (primary N) is 1. The Labute approximate surface area is 124 Å². The first-order valence-corrected chi connectivity index (χ1v) is 7.82. The van der Waals surface area contributed by atoms with Gasteiger partial charge in [-0.05, 0) is 44.5 Å². The topological polar surface area (TPSA) is 51.6 Å². The SMILES string of the molecule is Cc1ccc2oc(C(N)C3CN4CCCC4CO3)cc2c1. The number of rotatable bonds is 2. The summed E-state index contributed by atoms with van der Waals surface area (Å²) >= 11 is 0. The second kappa shape index (κ2) is 5.13. The highest BCUT2D eigenvalue weighted by atomic mass is 16.5. The Morgan fingerprint density at radius 3 is 3.14 bits per heavy atom. The Hall–Kier alpha value is -1.36. The summed E-state index contributed by atoms with van der Waals surface area (Å²) in [6.45, 7) is 4.99. The molecular weight excluding hydrogens is 264 g/mol. The van der Waals surface area contributed by atoms with Gasteiger partial charge in [0.25, 0.3) is 0 Å². The van der Waals surface area contributed by atoms with Crippen LogP contribution in [0.4, 0.5) is 0 Å². The van der Waals surface area contributed by atoms with E-state index in [1.54, 1.807) is 0 Å². The van der Waals surface area contributed by atoms with Gasteiger partial charge in [0.2, 0.25) is 0 Å². The van der Waals surface area contributed by atoms with E-state index in [0.29, 0.717) is 6.04 Å². The first-order valence-electron chi connectivity index (χ1n) is 7.82. The monoisotopic (exact) mass is 286 g/mol. The van der Waals surface area contributed by atoms with E-state index < -0.39 is 0 Å². The predicted octanol–water partition coefficient (Wildman–Crippen LogP) is 2.60. The maximum absolute atomic E-state index is 6.41. The molecule has 21 heavy (non-hydrogen) atoms. The van der Waals surface area contributed by atoms with Crippen molar-refractivity contribution >= 4 is 11.0 Å². The first kappa shape index (κ1) is 13.3. The number of hydrogen-bond acceptors (Lipinski definition) is 4. The summed E-state index contributed by atoms with van der Waals surface area (Å²) in [5.41, 5.74) is 8.55. The van der Waals surface area contributed by atoms with E-state index in [1.165, 1.54) is 24.9 Å². The summed E-state index contributed by atoms with van der Waals surface area (Å²) in [4.78, 5) is 2.51. The van der Waals surface area contributed by atoms with Crippen LogP contribution < -0.4 is 5.73 Å². The van der Waals surface area contributed by atoms with Gasteiger partial charge in [0.05, 0.1) is 18.8 Å². The van der Waals surface area contributed by atoms with Gasteiger partial charge in [0.1, 0.15) is 11.3 Å². The van der Waals surface area contributed by atoms with E-state index in [2.05, 4.69) is 30.0 Å². The van der Waals surface area contributed by atoms with Gasteiger partial charge in [-0.3, -0.25) is 4.90 Å². The third kappa shape index (κ3) is 2.37. The van der Waals surface area contributed by atoms with E-state index in [4.69, 9.17) is 14.9 Å². The average molecular weight is 286 g/mol. The minimum Gasteiger partial charge on any atom is -0.459 e. The standard InChI is InChI=1S/C17H22N2O2/c1-11-4-5-14-12(7-11)8-15(21-14)17(18)16-9-19-6-2-3-13(19)10-20-16/h4-5,7-8,13,16-17H,2-3,6,9-10,18H2,1H3. The summed E-state index contributed by atoms with van der Waals surface area (Å²) < 4.78 is 11.9. The molecule has 0 aliphatic carbocycles. The lowest BCUT2D eigenvalue weighted by molar-refractivity contribution is -0.0620. The number of hydrogen-bond donors (Lipinski definition) is 1. The zero-order valence-corrected chi connectivity index (χ0v) is 12.4. The van der Waals surface area contributed by atoms with Gasteiger partial charge >= 0.3 is 0 Å². The van der Waals surface area contributed by atoms with Crippen molar-refractivity contribution < 1.29 is 9.15 Å². The van der Waals surface area contributed by atoms with E-state index in [0.717, 1.165) is 29.9 Å². The van der Waals surface area contributed by atoms with Crippen LogP contribution in [0.5, 0.6) is 0 Å². The van der Waals surface area contributed by atoms with Crippen LogP contribution in [0.15, 0.2) is 28.7 Å². The number of morpholine rings is 1. The summed E-state index contributed by atoms with van der Waals surface area (Å²) in [6.07, 6.45) is 2.56.